The maximum atomic E-state index is 12.6. The van der Waals surface area contributed by atoms with E-state index in [9.17, 15) is 9.90 Å². The molecule has 0 saturated carbocycles. The molecule has 33 heavy (non-hydrogen) atoms. The van der Waals surface area contributed by atoms with E-state index in [4.69, 9.17) is 0 Å². The molecule has 1 saturated heterocycles. The van der Waals surface area contributed by atoms with Crippen LogP contribution in [-0.4, -0.2) is 50.0 Å². The van der Waals surface area contributed by atoms with Crippen molar-refractivity contribution in [2.24, 2.45) is 0 Å². The molecule has 0 radical (unpaired) electrons. The van der Waals surface area contributed by atoms with Crippen LogP contribution in [0.4, 0.5) is 5.82 Å². The highest BCUT2D eigenvalue weighted by Crippen LogP contribution is 2.27. The Labute approximate surface area is 191 Å². The van der Waals surface area contributed by atoms with Gasteiger partial charge >= 0.3 is 0 Å². The summed E-state index contributed by atoms with van der Waals surface area (Å²) in [5.41, 5.74) is 2.87. The molecule has 0 aliphatic carbocycles. The number of anilines is 1. The van der Waals surface area contributed by atoms with E-state index in [1.807, 2.05) is 59.3 Å². The highest BCUT2D eigenvalue weighted by Gasteiger charge is 2.25. The number of aliphatic hydroxyl groups is 1. The molecule has 1 aromatic carbocycles. The molecule has 2 N–H and O–H groups in total. The number of amides is 1. The largest absolute Gasteiger partial charge is 0.394 e. The molecular formula is C25H26N6O2. The van der Waals surface area contributed by atoms with Gasteiger partial charge in [0.2, 0.25) is 5.91 Å². The SMILES string of the molecule is O=C(Cc1cn(-c2ccc(N3CCCC3CO)nn2)c2ccccc12)NCc1cccnc1. The highest BCUT2D eigenvalue weighted by atomic mass is 16.3. The van der Waals surface area contributed by atoms with Gasteiger partial charge in [-0.15, -0.1) is 10.2 Å². The second-order valence-corrected chi connectivity index (χ2v) is 8.28. The van der Waals surface area contributed by atoms with Gasteiger partial charge < -0.3 is 15.3 Å². The first-order valence-corrected chi connectivity index (χ1v) is 11.2. The van der Waals surface area contributed by atoms with E-state index in [2.05, 4.69) is 25.4 Å². The fraction of sp³-hybridized carbons (Fsp3) is 0.280. The monoisotopic (exact) mass is 442 g/mol. The third kappa shape index (κ3) is 4.42. The fourth-order valence-electron chi connectivity index (χ4n) is 4.45. The number of nitrogens with zero attached hydrogens (tertiary/aromatic N) is 5. The second-order valence-electron chi connectivity index (χ2n) is 8.28. The number of fused-ring (bicyclic) bond motifs is 1. The summed E-state index contributed by atoms with van der Waals surface area (Å²) in [7, 11) is 0. The van der Waals surface area contributed by atoms with Crippen molar-refractivity contribution in [1.29, 1.82) is 0 Å². The van der Waals surface area contributed by atoms with Crippen molar-refractivity contribution in [3.63, 3.8) is 0 Å². The molecule has 1 aliphatic heterocycles. The number of benzene rings is 1. The third-order valence-corrected chi connectivity index (χ3v) is 6.12. The maximum absolute atomic E-state index is 12.6. The molecule has 4 aromatic rings. The molecule has 168 valence electrons. The van der Waals surface area contributed by atoms with Gasteiger partial charge in [-0.25, -0.2) is 0 Å². The van der Waals surface area contributed by atoms with Crippen LogP contribution in [0.2, 0.25) is 0 Å². The van der Waals surface area contributed by atoms with Gasteiger partial charge in [-0.2, -0.15) is 0 Å². The average Bonchev–Trinajstić information content (AvgIpc) is 3.49. The lowest BCUT2D eigenvalue weighted by atomic mass is 10.1. The van der Waals surface area contributed by atoms with Gasteiger partial charge in [0, 0.05) is 37.1 Å². The number of carbonyl (C=O) groups excluding carboxylic acids is 1. The van der Waals surface area contributed by atoms with Crippen LogP contribution in [0.3, 0.4) is 0 Å². The Bertz CT molecular complexity index is 1240. The second kappa shape index (κ2) is 9.38. The van der Waals surface area contributed by atoms with E-state index >= 15 is 0 Å². The van der Waals surface area contributed by atoms with E-state index < -0.39 is 0 Å². The summed E-state index contributed by atoms with van der Waals surface area (Å²) in [4.78, 5) is 18.8. The smallest absolute Gasteiger partial charge is 0.224 e. The predicted octanol–water partition coefficient (Wildman–Crippen LogP) is 2.64. The highest BCUT2D eigenvalue weighted by molar-refractivity contribution is 5.90. The summed E-state index contributed by atoms with van der Waals surface area (Å²) >= 11 is 0. The van der Waals surface area contributed by atoms with Crippen LogP contribution < -0.4 is 10.2 Å². The molecular weight excluding hydrogens is 416 g/mol. The van der Waals surface area contributed by atoms with Crippen LogP contribution in [0.5, 0.6) is 0 Å². The first kappa shape index (κ1) is 21.1. The number of hydrogen-bond donors (Lipinski definition) is 2. The lowest BCUT2D eigenvalue weighted by Gasteiger charge is -2.23. The van der Waals surface area contributed by atoms with E-state index in [1.54, 1.807) is 12.4 Å². The molecule has 5 rings (SSSR count). The molecule has 3 aromatic heterocycles. The first-order valence-electron chi connectivity index (χ1n) is 11.2. The minimum absolute atomic E-state index is 0.0488. The number of para-hydroxylation sites is 1. The van der Waals surface area contributed by atoms with E-state index in [0.29, 0.717) is 12.4 Å². The maximum Gasteiger partial charge on any atom is 0.224 e. The number of rotatable bonds is 7. The van der Waals surface area contributed by atoms with Gasteiger partial charge in [0.1, 0.15) is 0 Å². The van der Waals surface area contributed by atoms with Crippen molar-refractivity contribution in [3.05, 3.63) is 78.2 Å². The van der Waals surface area contributed by atoms with Crippen molar-refractivity contribution >= 4 is 22.6 Å². The zero-order chi connectivity index (χ0) is 22.6. The normalized spacial score (nSPS) is 15.8. The fourth-order valence-corrected chi connectivity index (χ4v) is 4.45. The van der Waals surface area contributed by atoms with Gasteiger partial charge in [0.25, 0.3) is 0 Å². The Kier molecular flexibility index (Phi) is 5.99. The standard InChI is InChI=1S/C25H26N6O2/c32-17-20-6-4-12-30(20)23-9-10-24(29-28-23)31-16-19(21-7-1-2-8-22(21)31)13-25(33)27-15-18-5-3-11-26-14-18/h1-3,5,7-11,14,16,20,32H,4,6,12-13,15,17H2,(H,27,33). The lowest BCUT2D eigenvalue weighted by Crippen LogP contribution is -2.32. The van der Waals surface area contributed by atoms with Crippen LogP contribution >= 0.6 is 0 Å². The average molecular weight is 443 g/mol. The Morgan fingerprint density at radius 3 is 2.73 bits per heavy atom. The van der Waals surface area contributed by atoms with Gasteiger partial charge in [0.15, 0.2) is 11.6 Å². The van der Waals surface area contributed by atoms with E-state index in [0.717, 1.165) is 47.2 Å². The minimum Gasteiger partial charge on any atom is -0.394 e. The van der Waals surface area contributed by atoms with Crippen molar-refractivity contribution in [2.45, 2.75) is 31.8 Å². The first-order chi connectivity index (χ1) is 16.2. The Morgan fingerprint density at radius 2 is 1.94 bits per heavy atom. The molecule has 1 amide bonds. The molecule has 0 spiro atoms. The molecule has 1 aliphatic rings. The Morgan fingerprint density at radius 1 is 1.09 bits per heavy atom. The van der Waals surface area contributed by atoms with Crippen molar-refractivity contribution in [3.8, 4) is 5.82 Å². The van der Waals surface area contributed by atoms with Crippen LogP contribution in [0.1, 0.15) is 24.0 Å². The molecule has 1 fully saturated rings. The topological polar surface area (TPSA) is 96.2 Å². The Hall–Kier alpha value is -3.78. The predicted molar refractivity (Wildman–Crippen MR) is 126 cm³/mol. The molecule has 8 nitrogen and oxygen atoms in total. The molecule has 4 heterocycles. The van der Waals surface area contributed by atoms with Crippen molar-refractivity contribution < 1.29 is 9.90 Å². The van der Waals surface area contributed by atoms with Crippen LogP contribution in [0.15, 0.2) is 67.1 Å². The van der Waals surface area contributed by atoms with Crippen molar-refractivity contribution in [2.75, 3.05) is 18.1 Å². The van der Waals surface area contributed by atoms with E-state index in [-0.39, 0.29) is 25.0 Å². The summed E-state index contributed by atoms with van der Waals surface area (Å²) in [5, 5.41) is 22.5. The minimum atomic E-state index is -0.0488. The number of pyridine rings is 1. The summed E-state index contributed by atoms with van der Waals surface area (Å²) in [5.74, 6) is 1.42. The molecule has 1 unspecified atom stereocenters. The van der Waals surface area contributed by atoms with E-state index in [1.165, 1.54) is 0 Å². The number of hydrogen-bond acceptors (Lipinski definition) is 6. The molecule has 1 atom stereocenters. The molecule has 8 heteroatoms. The number of aromatic nitrogens is 4. The van der Waals surface area contributed by atoms with Gasteiger partial charge in [-0.05, 0) is 48.2 Å². The third-order valence-electron chi connectivity index (χ3n) is 6.12. The van der Waals surface area contributed by atoms with Crippen molar-refractivity contribution in [1.82, 2.24) is 25.1 Å². The zero-order valence-corrected chi connectivity index (χ0v) is 18.3. The lowest BCUT2D eigenvalue weighted by molar-refractivity contribution is -0.120. The summed E-state index contributed by atoms with van der Waals surface area (Å²) in [6, 6.07) is 15.8. The van der Waals surface area contributed by atoms with Gasteiger partial charge in [-0.3, -0.25) is 14.3 Å². The summed E-state index contributed by atoms with van der Waals surface area (Å²) in [6.07, 6.45) is 7.71. The van der Waals surface area contributed by atoms with Gasteiger partial charge in [0.05, 0.1) is 24.6 Å². The number of carbonyl (C=O) groups is 1. The Balaban J connectivity index is 1.37. The van der Waals surface area contributed by atoms with Crippen LogP contribution in [0.25, 0.3) is 16.7 Å². The summed E-state index contributed by atoms with van der Waals surface area (Å²) < 4.78 is 1.98. The summed E-state index contributed by atoms with van der Waals surface area (Å²) in [6.45, 7) is 1.45. The number of nitrogens with one attached hydrogen (secondary N) is 1. The van der Waals surface area contributed by atoms with Crippen LogP contribution in [-0.2, 0) is 17.8 Å². The number of aliphatic hydroxyl groups excluding tert-OH is 1. The van der Waals surface area contributed by atoms with Crippen LogP contribution in [0, 0.1) is 0 Å². The van der Waals surface area contributed by atoms with Gasteiger partial charge in [-0.1, -0.05) is 24.3 Å². The zero-order valence-electron chi connectivity index (χ0n) is 18.3. The molecule has 0 bridgehead atoms. The quantitative estimate of drug-likeness (QED) is 0.457.